The van der Waals surface area contributed by atoms with Crippen LogP contribution in [0, 0.1) is 6.92 Å². The van der Waals surface area contributed by atoms with Crippen LogP contribution in [-0.2, 0) is 6.54 Å². The van der Waals surface area contributed by atoms with Crippen LogP contribution in [0.4, 0.5) is 0 Å². The smallest absolute Gasteiger partial charge is 0.336 e. The molecule has 0 amide bonds. The Kier molecular flexibility index (Phi) is 2.95. The third kappa shape index (κ3) is 2.20. The average molecular weight is 230 g/mol. The normalized spacial score (nSPS) is 10.5. The molecule has 4 nitrogen and oxygen atoms in total. The van der Waals surface area contributed by atoms with Crippen molar-refractivity contribution in [2.75, 3.05) is 0 Å². The van der Waals surface area contributed by atoms with E-state index in [9.17, 15) is 4.79 Å². The third-order valence-electron chi connectivity index (χ3n) is 2.67. The molecule has 88 valence electrons. The SMILES string of the molecule is CCn1cc(-c2cc(C)ccc2C(=O)O)cn1. The molecule has 0 spiro atoms. The summed E-state index contributed by atoms with van der Waals surface area (Å²) in [5.74, 6) is -0.913. The predicted molar refractivity (Wildman–Crippen MR) is 65.0 cm³/mol. The van der Waals surface area contributed by atoms with Crippen LogP contribution in [-0.4, -0.2) is 20.9 Å². The van der Waals surface area contributed by atoms with Gasteiger partial charge < -0.3 is 5.11 Å². The lowest BCUT2D eigenvalue weighted by Gasteiger charge is -2.04. The average Bonchev–Trinajstić information content (AvgIpc) is 2.76. The minimum absolute atomic E-state index is 0.311. The van der Waals surface area contributed by atoms with Crippen molar-refractivity contribution in [2.24, 2.45) is 0 Å². The Morgan fingerprint density at radius 3 is 2.82 bits per heavy atom. The van der Waals surface area contributed by atoms with Gasteiger partial charge >= 0.3 is 5.97 Å². The topological polar surface area (TPSA) is 55.1 Å². The summed E-state index contributed by atoms with van der Waals surface area (Å²) < 4.78 is 1.78. The van der Waals surface area contributed by atoms with Crippen molar-refractivity contribution in [2.45, 2.75) is 20.4 Å². The lowest BCUT2D eigenvalue weighted by atomic mass is 10.0. The molecule has 2 aromatic rings. The van der Waals surface area contributed by atoms with Crippen molar-refractivity contribution in [3.05, 3.63) is 41.7 Å². The number of carboxylic acid groups (broad SMARTS) is 1. The van der Waals surface area contributed by atoms with Crippen LogP contribution in [0.2, 0.25) is 0 Å². The van der Waals surface area contributed by atoms with E-state index in [0.29, 0.717) is 5.56 Å². The molecular formula is C13H14N2O2. The van der Waals surface area contributed by atoms with Crippen molar-refractivity contribution < 1.29 is 9.90 Å². The second-order valence-corrected chi connectivity index (χ2v) is 3.94. The summed E-state index contributed by atoms with van der Waals surface area (Å²) in [6.45, 7) is 4.71. The Morgan fingerprint density at radius 2 is 2.24 bits per heavy atom. The summed E-state index contributed by atoms with van der Waals surface area (Å²) in [7, 11) is 0. The fourth-order valence-corrected chi connectivity index (χ4v) is 1.76. The first-order valence-electron chi connectivity index (χ1n) is 5.48. The van der Waals surface area contributed by atoms with Crippen molar-refractivity contribution in [3.8, 4) is 11.1 Å². The molecule has 0 fully saturated rings. The molecule has 0 bridgehead atoms. The Labute approximate surface area is 99.5 Å². The second kappa shape index (κ2) is 4.41. The van der Waals surface area contributed by atoms with Gasteiger partial charge in [0.2, 0.25) is 0 Å². The molecule has 1 aromatic heterocycles. The highest BCUT2D eigenvalue weighted by molar-refractivity contribution is 5.96. The number of hydrogen-bond acceptors (Lipinski definition) is 2. The molecule has 0 aliphatic carbocycles. The number of rotatable bonds is 3. The number of nitrogens with zero attached hydrogens (tertiary/aromatic N) is 2. The van der Waals surface area contributed by atoms with Gasteiger partial charge in [0.25, 0.3) is 0 Å². The maximum absolute atomic E-state index is 11.2. The molecule has 0 radical (unpaired) electrons. The molecule has 0 aliphatic heterocycles. The van der Waals surface area contributed by atoms with E-state index in [0.717, 1.165) is 23.2 Å². The number of aryl methyl sites for hydroxylation is 2. The minimum Gasteiger partial charge on any atom is -0.478 e. The maximum Gasteiger partial charge on any atom is 0.336 e. The van der Waals surface area contributed by atoms with Crippen LogP contribution in [0.15, 0.2) is 30.6 Å². The van der Waals surface area contributed by atoms with Crippen LogP contribution in [0.1, 0.15) is 22.8 Å². The molecule has 0 saturated heterocycles. The van der Waals surface area contributed by atoms with Crippen molar-refractivity contribution in [1.82, 2.24) is 9.78 Å². The van der Waals surface area contributed by atoms with Gasteiger partial charge in [-0.05, 0) is 25.5 Å². The first kappa shape index (κ1) is 11.4. The van der Waals surface area contributed by atoms with Crippen LogP contribution in [0.5, 0.6) is 0 Å². The quantitative estimate of drug-likeness (QED) is 0.881. The van der Waals surface area contributed by atoms with E-state index in [1.54, 1.807) is 23.0 Å². The fraction of sp³-hybridized carbons (Fsp3) is 0.231. The van der Waals surface area contributed by atoms with E-state index in [1.165, 1.54) is 0 Å². The highest BCUT2D eigenvalue weighted by Crippen LogP contribution is 2.24. The minimum atomic E-state index is -0.913. The fourth-order valence-electron chi connectivity index (χ4n) is 1.76. The summed E-state index contributed by atoms with van der Waals surface area (Å²) in [5.41, 5.74) is 2.91. The largest absolute Gasteiger partial charge is 0.478 e. The van der Waals surface area contributed by atoms with E-state index in [-0.39, 0.29) is 0 Å². The zero-order chi connectivity index (χ0) is 12.4. The van der Waals surface area contributed by atoms with E-state index >= 15 is 0 Å². The zero-order valence-corrected chi connectivity index (χ0v) is 9.84. The molecule has 1 N–H and O–H groups in total. The number of carbonyl (C=O) groups is 1. The predicted octanol–water partition coefficient (Wildman–Crippen LogP) is 2.58. The molecule has 2 rings (SSSR count). The maximum atomic E-state index is 11.2. The Hall–Kier alpha value is -2.10. The monoisotopic (exact) mass is 230 g/mol. The lowest BCUT2D eigenvalue weighted by molar-refractivity contribution is 0.0698. The highest BCUT2D eigenvalue weighted by Gasteiger charge is 2.12. The molecule has 0 atom stereocenters. The molecule has 1 heterocycles. The van der Waals surface area contributed by atoms with Crippen molar-refractivity contribution in [3.63, 3.8) is 0 Å². The summed E-state index contributed by atoms with van der Waals surface area (Å²) in [4.78, 5) is 11.2. The van der Waals surface area contributed by atoms with Crippen LogP contribution >= 0.6 is 0 Å². The Morgan fingerprint density at radius 1 is 1.47 bits per heavy atom. The van der Waals surface area contributed by atoms with E-state index < -0.39 is 5.97 Å². The second-order valence-electron chi connectivity index (χ2n) is 3.94. The standard InChI is InChI=1S/C13H14N2O2/c1-3-15-8-10(7-14-15)12-6-9(2)4-5-11(12)13(16)17/h4-8H,3H2,1-2H3,(H,16,17). The zero-order valence-electron chi connectivity index (χ0n) is 9.84. The van der Waals surface area contributed by atoms with Gasteiger partial charge in [0, 0.05) is 18.3 Å². The van der Waals surface area contributed by atoms with Gasteiger partial charge in [0.15, 0.2) is 0 Å². The van der Waals surface area contributed by atoms with Gasteiger partial charge in [-0.25, -0.2) is 4.79 Å². The Bertz CT molecular complexity index is 558. The molecule has 0 unspecified atom stereocenters. The number of benzene rings is 1. The molecule has 1 aromatic carbocycles. The lowest BCUT2D eigenvalue weighted by Crippen LogP contribution is -1.99. The summed E-state index contributed by atoms with van der Waals surface area (Å²) >= 11 is 0. The number of aromatic nitrogens is 2. The van der Waals surface area contributed by atoms with Crippen molar-refractivity contribution >= 4 is 5.97 Å². The van der Waals surface area contributed by atoms with E-state index in [1.807, 2.05) is 26.1 Å². The molecule has 0 aliphatic rings. The summed E-state index contributed by atoms with van der Waals surface area (Å²) in [6.07, 6.45) is 3.56. The first-order valence-corrected chi connectivity index (χ1v) is 5.48. The Balaban J connectivity index is 2.56. The number of aromatic carboxylic acids is 1. The summed E-state index contributed by atoms with van der Waals surface area (Å²) in [5, 5.41) is 13.3. The third-order valence-corrected chi connectivity index (χ3v) is 2.67. The molecule has 0 saturated carbocycles. The highest BCUT2D eigenvalue weighted by atomic mass is 16.4. The van der Waals surface area contributed by atoms with Crippen molar-refractivity contribution in [1.29, 1.82) is 0 Å². The van der Waals surface area contributed by atoms with Gasteiger partial charge in [-0.15, -0.1) is 0 Å². The van der Waals surface area contributed by atoms with Crippen LogP contribution in [0.3, 0.4) is 0 Å². The van der Waals surface area contributed by atoms with E-state index in [4.69, 9.17) is 5.11 Å². The molecule has 17 heavy (non-hydrogen) atoms. The van der Waals surface area contributed by atoms with E-state index in [2.05, 4.69) is 5.10 Å². The number of hydrogen-bond donors (Lipinski definition) is 1. The van der Waals surface area contributed by atoms with Gasteiger partial charge in [-0.2, -0.15) is 5.10 Å². The summed E-state index contributed by atoms with van der Waals surface area (Å²) in [6, 6.07) is 5.31. The number of carboxylic acids is 1. The van der Waals surface area contributed by atoms with Gasteiger partial charge in [0.05, 0.1) is 11.8 Å². The molecular weight excluding hydrogens is 216 g/mol. The van der Waals surface area contributed by atoms with Crippen LogP contribution in [0.25, 0.3) is 11.1 Å². The van der Waals surface area contributed by atoms with Gasteiger partial charge in [-0.3, -0.25) is 4.68 Å². The van der Waals surface area contributed by atoms with Gasteiger partial charge in [-0.1, -0.05) is 17.7 Å². The van der Waals surface area contributed by atoms with Crippen LogP contribution < -0.4 is 0 Å². The first-order chi connectivity index (χ1) is 8.11. The van der Waals surface area contributed by atoms with Gasteiger partial charge in [0.1, 0.15) is 0 Å². The molecule has 4 heteroatoms.